The van der Waals surface area contributed by atoms with Crippen LogP contribution in [0, 0.1) is 6.92 Å². The van der Waals surface area contributed by atoms with E-state index in [0.717, 1.165) is 38.4 Å². The summed E-state index contributed by atoms with van der Waals surface area (Å²) in [7, 11) is 0. The van der Waals surface area contributed by atoms with E-state index in [4.69, 9.17) is 9.47 Å². The summed E-state index contributed by atoms with van der Waals surface area (Å²) in [5.41, 5.74) is 1.70. The lowest BCUT2D eigenvalue weighted by Crippen LogP contribution is -3.15. The Morgan fingerprint density at radius 2 is 2.16 bits per heavy atom. The van der Waals surface area contributed by atoms with Crippen molar-refractivity contribution in [2.45, 2.75) is 20.0 Å². The Morgan fingerprint density at radius 3 is 2.84 bits per heavy atom. The first-order valence-electron chi connectivity index (χ1n) is 6.84. The standard InChI is InChI=1S/C15H21NO3/c1-12-4-3-5-14(10-12)15(17)19-13(2)11-16-6-8-18-9-7-16/h3-5,10,13H,6-9,11H2,1-2H3/p+1/t13-/m0/s1. The van der Waals surface area contributed by atoms with E-state index in [-0.39, 0.29) is 12.1 Å². The Labute approximate surface area is 114 Å². The number of rotatable bonds is 4. The van der Waals surface area contributed by atoms with Gasteiger partial charge in [-0.3, -0.25) is 0 Å². The van der Waals surface area contributed by atoms with Crippen LogP contribution in [0.5, 0.6) is 0 Å². The van der Waals surface area contributed by atoms with Crippen LogP contribution in [0.15, 0.2) is 24.3 Å². The molecule has 2 rings (SSSR count). The summed E-state index contributed by atoms with van der Waals surface area (Å²) < 4.78 is 10.8. The van der Waals surface area contributed by atoms with Crippen molar-refractivity contribution in [2.24, 2.45) is 0 Å². The quantitative estimate of drug-likeness (QED) is 0.803. The second kappa shape index (κ2) is 6.68. The summed E-state index contributed by atoms with van der Waals surface area (Å²) in [5, 5.41) is 0. The predicted octanol–water partition coefficient (Wildman–Crippen LogP) is 0.455. The van der Waals surface area contributed by atoms with Gasteiger partial charge in [0.1, 0.15) is 25.7 Å². The minimum Gasteiger partial charge on any atom is -0.453 e. The normalized spacial score (nSPS) is 18.0. The Balaban J connectivity index is 1.84. The van der Waals surface area contributed by atoms with Gasteiger partial charge < -0.3 is 14.4 Å². The van der Waals surface area contributed by atoms with E-state index >= 15 is 0 Å². The van der Waals surface area contributed by atoms with Gasteiger partial charge in [0.05, 0.1) is 18.8 Å². The average Bonchev–Trinajstić information content (AvgIpc) is 2.39. The van der Waals surface area contributed by atoms with Crippen molar-refractivity contribution in [2.75, 3.05) is 32.8 Å². The number of ether oxygens (including phenoxy) is 2. The molecule has 1 aromatic carbocycles. The van der Waals surface area contributed by atoms with Gasteiger partial charge >= 0.3 is 5.97 Å². The molecule has 0 aromatic heterocycles. The fourth-order valence-corrected chi connectivity index (χ4v) is 2.34. The van der Waals surface area contributed by atoms with Gasteiger partial charge in [-0.1, -0.05) is 17.7 Å². The van der Waals surface area contributed by atoms with Crippen molar-refractivity contribution in [3.8, 4) is 0 Å². The monoisotopic (exact) mass is 264 g/mol. The molecule has 1 aliphatic heterocycles. The second-order valence-corrected chi connectivity index (χ2v) is 5.15. The third-order valence-corrected chi connectivity index (χ3v) is 3.34. The Hall–Kier alpha value is -1.39. The van der Waals surface area contributed by atoms with Crippen LogP contribution in [0.4, 0.5) is 0 Å². The minimum absolute atomic E-state index is 0.0684. The highest BCUT2D eigenvalue weighted by molar-refractivity contribution is 5.89. The number of quaternary nitrogens is 1. The molecule has 1 fully saturated rings. The molecule has 0 bridgehead atoms. The Morgan fingerprint density at radius 1 is 1.42 bits per heavy atom. The third kappa shape index (κ3) is 4.33. The van der Waals surface area contributed by atoms with E-state index in [9.17, 15) is 4.79 Å². The summed E-state index contributed by atoms with van der Waals surface area (Å²) in [6, 6.07) is 7.50. The molecule has 1 aromatic rings. The van der Waals surface area contributed by atoms with Gasteiger partial charge in [-0.2, -0.15) is 0 Å². The van der Waals surface area contributed by atoms with E-state index in [1.54, 1.807) is 6.07 Å². The van der Waals surface area contributed by atoms with Crippen LogP contribution >= 0.6 is 0 Å². The lowest BCUT2D eigenvalue weighted by Gasteiger charge is -2.26. The molecule has 0 unspecified atom stereocenters. The van der Waals surface area contributed by atoms with Gasteiger partial charge in [0.25, 0.3) is 0 Å². The number of esters is 1. The molecule has 1 saturated heterocycles. The van der Waals surface area contributed by atoms with E-state index in [0.29, 0.717) is 5.56 Å². The maximum absolute atomic E-state index is 12.0. The average molecular weight is 264 g/mol. The zero-order chi connectivity index (χ0) is 13.7. The number of benzene rings is 1. The number of nitrogens with one attached hydrogen (secondary N) is 1. The number of aryl methyl sites for hydroxylation is 1. The summed E-state index contributed by atoms with van der Waals surface area (Å²) in [4.78, 5) is 13.4. The van der Waals surface area contributed by atoms with Gasteiger partial charge in [-0.05, 0) is 26.0 Å². The molecule has 1 N–H and O–H groups in total. The number of morpholine rings is 1. The summed E-state index contributed by atoms with van der Waals surface area (Å²) in [6.45, 7) is 8.36. The highest BCUT2D eigenvalue weighted by atomic mass is 16.5. The second-order valence-electron chi connectivity index (χ2n) is 5.15. The van der Waals surface area contributed by atoms with E-state index < -0.39 is 0 Å². The third-order valence-electron chi connectivity index (χ3n) is 3.34. The van der Waals surface area contributed by atoms with Crippen molar-refractivity contribution in [3.63, 3.8) is 0 Å². The minimum atomic E-state index is -0.233. The van der Waals surface area contributed by atoms with Crippen molar-refractivity contribution in [1.29, 1.82) is 0 Å². The molecular formula is C15H22NO3+. The molecule has 19 heavy (non-hydrogen) atoms. The maximum atomic E-state index is 12.0. The Kier molecular flexibility index (Phi) is 4.93. The van der Waals surface area contributed by atoms with E-state index in [1.165, 1.54) is 4.90 Å². The molecule has 4 heteroatoms. The number of carbonyl (C=O) groups excluding carboxylic acids is 1. The van der Waals surface area contributed by atoms with Crippen molar-refractivity contribution in [1.82, 2.24) is 0 Å². The molecule has 104 valence electrons. The topological polar surface area (TPSA) is 40.0 Å². The van der Waals surface area contributed by atoms with Crippen molar-refractivity contribution in [3.05, 3.63) is 35.4 Å². The van der Waals surface area contributed by atoms with Crippen LogP contribution in [-0.2, 0) is 9.47 Å². The highest BCUT2D eigenvalue weighted by Crippen LogP contribution is 2.06. The molecule has 1 heterocycles. The lowest BCUT2D eigenvalue weighted by atomic mass is 10.1. The molecule has 1 atom stereocenters. The molecule has 0 aliphatic carbocycles. The van der Waals surface area contributed by atoms with Crippen molar-refractivity contribution < 1.29 is 19.2 Å². The number of hydrogen-bond acceptors (Lipinski definition) is 3. The highest BCUT2D eigenvalue weighted by Gasteiger charge is 2.20. The van der Waals surface area contributed by atoms with Gasteiger partial charge in [0.15, 0.2) is 0 Å². The van der Waals surface area contributed by atoms with Crippen LogP contribution in [0.1, 0.15) is 22.8 Å². The van der Waals surface area contributed by atoms with Crippen molar-refractivity contribution >= 4 is 5.97 Å². The molecule has 1 aliphatic rings. The van der Waals surface area contributed by atoms with Crippen LogP contribution in [0.3, 0.4) is 0 Å². The zero-order valence-electron chi connectivity index (χ0n) is 11.6. The first-order valence-corrected chi connectivity index (χ1v) is 6.84. The maximum Gasteiger partial charge on any atom is 0.338 e. The van der Waals surface area contributed by atoms with E-state index in [1.807, 2.05) is 32.0 Å². The van der Waals surface area contributed by atoms with Gasteiger partial charge in [0, 0.05) is 0 Å². The first-order chi connectivity index (χ1) is 9.15. The van der Waals surface area contributed by atoms with E-state index in [2.05, 4.69) is 0 Å². The molecule has 0 saturated carbocycles. The molecule has 0 amide bonds. The first kappa shape index (κ1) is 14.0. The number of hydrogen-bond donors (Lipinski definition) is 1. The number of carbonyl (C=O) groups is 1. The predicted molar refractivity (Wildman–Crippen MR) is 72.4 cm³/mol. The smallest absolute Gasteiger partial charge is 0.338 e. The van der Waals surface area contributed by atoms with Gasteiger partial charge in [-0.15, -0.1) is 0 Å². The molecular weight excluding hydrogens is 242 g/mol. The summed E-state index contributed by atoms with van der Waals surface area (Å²) >= 11 is 0. The van der Waals surface area contributed by atoms with Crippen LogP contribution in [0.2, 0.25) is 0 Å². The van der Waals surface area contributed by atoms with Crippen LogP contribution in [-0.4, -0.2) is 44.9 Å². The fraction of sp³-hybridized carbons (Fsp3) is 0.533. The molecule has 0 radical (unpaired) electrons. The SMILES string of the molecule is Cc1cccc(C(=O)O[C@@H](C)C[NH+]2CCOCC2)c1. The largest absolute Gasteiger partial charge is 0.453 e. The summed E-state index contributed by atoms with van der Waals surface area (Å²) in [6.07, 6.45) is -0.0684. The molecule has 4 nitrogen and oxygen atoms in total. The van der Waals surface area contributed by atoms with Crippen LogP contribution < -0.4 is 4.90 Å². The fourth-order valence-electron chi connectivity index (χ4n) is 2.34. The van der Waals surface area contributed by atoms with Gasteiger partial charge in [-0.25, -0.2) is 4.79 Å². The molecule has 0 spiro atoms. The lowest BCUT2D eigenvalue weighted by molar-refractivity contribution is -0.910. The summed E-state index contributed by atoms with van der Waals surface area (Å²) in [5.74, 6) is -0.233. The Bertz CT molecular complexity index is 427. The zero-order valence-corrected chi connectivity index (χ0v) is 11.6. The van der Waals surface area contributed by atoms with Crippen LogP contribution in [0.25, 0.3) is 0 Å². The van der Waals surface area contributed by atoms with Gasteiger partial charge in [0.2, 0.25) is 0 Å².